The van der Waals surface area contributed by atoms with Gasteiger partial charge in [-0.05, 0) is 87.1 Å². The SMILES string of the molecule is Cc1cc2nc(C3CC3)ccc2c(-c2ccc(Cl)cc2)c1C(CO)OC(C)(C)C. The first-order chi connectivity index (χ1) is 13.8. The Morgan fingerprint density at radius 1 is 1.14 bits per heavy atom. The summed E-state index contributed by atoms with van der Waals surface area (Å²) >= 11 is 6.15. The van der Waals surface area contributed by atoms with E-state index in [-0.39, 0.29) is 12.2 Å². The van der Waals surface area contributed by atoms with Crippen molar-refractivity contribution in [3.8, 4) is 11.1 Å². The van der Waals surface area contributed by atoms with Crippen molar-refractivity contribution in [2.24, 2.45) is 0 Å². The van der Waals surface area contributed by atoms with Crippen LogP contribution in [0, 0.1) is 6.92 Å². The molecule has 0 spiro atoms. The number of fused-ring (bicyclic) bond motifs is 1. The van der Waals surface area contributed by atoms with E-state index in [0.29, 0.717) is 10.9 Å². The summed E-state index contributed by atoms with van der Waals surface area (Å²) < 4.78 is 6.26. The van der Waals surface area contributed by atoms with Crippen LogP contribution in [-0.4, -0.2) is 22.3 Å². The number of pyridine rings is 1. The Kier molecular flexibility index (Phi) is 5.41. The molecule has 1 heterocycles. The average molecular weight is 410 g/mol. The molecule has 1 atom stereocenters. The number of ether oxygens (including phenoxy) is 1. The summed E-state index contributed by atoms with van der Waals surface area (Å²) in [5, 5.41) is 12.0. The lowest BCUT2D eigenvalue weighted by atomic mass is 9.88. The molecule has 1 saturated carbocycles. The maximum atomic E-state index is 10.2. The van der Waals surface area contributed by atoms with Gasteiger partial charge in [0.05, 0.1) is 17.7 Å². The molecular weight excluding hydrogens is 382 g/mol. The summed E-state index contributed by atoms with van der Waals surface area (Å²) in [4.78, 5) is 4.97. The summed E-state index contributed by atoms with van der Waals surface area (Å²) in [5.41, 5.74) is 6.00. The van der Waals surface area contributed by atoms with Gasteiger partial charge >= 0.3 is 0 Å². The number of aromatic nitrogens is 1. The Labute approximate surface area is 177 Å². The molecule has 0 bridgehead atoms. The largest absolute Gasteiger partial charge is 0.393 e. The van der Waals surface area contributed by atoms with Gasteiger partial charge in [0.25, 0.3) is 0 Å². The minimum atomic E-state index is -0.423. The molecular formula is C25H28ClNO2. The number of aryl methyl sites for hydroxylation is 1. The summed E-state index contributed by atoms with van der Waals surface area (Å²) in [6.07, 6.45) is 2.03. The quantitative estimate of drug-likeness (QED) is 0.516. The summed E-state index contributed by atoms with van der Waals surface area (Å²) in [7, 11) is 0. The first kappa shape index (κ1) is 20.3. The number of aliphatic hydroxyl groups excluding tert-OH is 1. The maximum Gasteiger partial charge on any atom is 0.107 e. The zero-order chi connectivity index (χ0) is 20.8. The third kappa shape index (κ3) is 4.32. The fraction of sp³-hybridized carbons (Fsp3) is 0.400. The molecule has 0 amide bonds. The number of rotatable bonds is 5. The highest BCUT2D eigenvalue weighted by Crippen LogP contribution is 2.43. The highest BCUT2D eigenvalue weighted by Gasteiger charge is 2.28. The van der Waals surface area contributed by atoms with Crippen molar-refractivity contribution in [3.05, 3.63) is 64.3 Å². The van der Waals surface area contributed by atoms with E-state index < -0.39 is 6.10 Å². The van der Waals surface area contributed by atoms with Crippen LogP contribution in [0.3, 0.4) is 0 Å². The van der Waals surface area contributed by atoms with E-state index in [9.17, 15) is 5.11 Å². The van der Waals surface area contributed by atoms with Crippen molar-refractivity contribution in [2.75, 3.05) is 6.61 Å². The summed E-state index contributed by atoms with van der Waals surface area (Å²) in [6.45, 7) is 8.03. The minimum Gasteiger partial charge on any atom is -0.393 e. The van der Waals surface area contributed by atoms with E-state index in [1.54, 1.807) is 0 Å². The Balaban J connectivity index is 1.97. The molecule has 0 aliphatic heterocycles. The number of hydrogen-bond donors (Lipinski definition) is 1. The molecule has 3 nitrogen and oxygen atoms in total. The normalized spacial score (nSPS) is 15.7. The van der Waals surface area contributed by atoms with Gasteiger partial charge in [0, 0.05) is 22.0 Å². The lowest BCUT2D eigenvalue weighted by Crippen LogP contribution is -2.25. The minimum absolute atomic E-state index is 0.0855. The number of halogens is 1. The van der Waals surface area contributed by atoms with Gasteiger partial charge in [-0.2, -0.15) is 0 Å². The van der Waals surface area contributed by atoms with Gasteiger partial charge in [-0.25, -0.2) is 0 Å². The second kappa shape index (κ2) is 7.71. The first-order valence-corrected chi connectivity index (χ1v) is 10.6. The predicted molar refractivity (Wildman–Crippen MR) is 120 cm³/mol. The van der Waals surface area contributed by atoms with E-state index in [4.69, 9.17) is 21.3 Å². The molecule has 152 valence electrons. The molecule has 1 aliphatic carbocycles. The molecule has 1 aliphatic rings. The van der Waals surface area contributed by atoms with E-state index in [1.165, 1.54) is 18.5 Å². The Hall–Kier alpha value is -1.94. The van der Waals surface area contributed by atoms with Crippen LogP contribution in [0.15, 0.2) is 42.5 Å². The van der Waals surface area contributed by atoms with Crippen LogP contribution in [0.25, 0.3) is 22.0 Å². The van der Waals surface area contributed by atoms with Gasteiger partial charge in [-0.15, -0.1) is 0 Å². The zero-order valence-corrected chi connectivity index (χ0v) is 18.3. The lowest BCUT2D eigenvalue weighted by molar-refractivity contribution is -0.0821. The van der Waals surface area contributed by atoms with Crippen LogP contribution in [0.1, 0.15) is 62.5 Å². The van der Waals surface area contributed by atoms with E-state index >= 15 is 0 Å². The standard InChI is InChI=1S/C25H28ClNO2/c1-15-13-21-19(11-12-20(27-21)16-5-6-16)24(17-7-9-18(26)10-8-17)23(15)22(14-28)29-25(2,3)4/h7-13,16,22,28H,5-6,14H2,1-4H3. The van der Waals surface area contributed by atoms with Crippen molar-refractivity contribution in [1.29, 1.82) is 0 Å². The van der Waals surface area contributed by atoms with Crippen LogP contribution in [0.4, 0.5) is 0 Å². The van der Waals surface area contributed by atoms with Crippen molar-refractivity contribution < 1.29 is 9.84 Å². The molecule has 29 heavy (non-hydrogen) atoms. The fourth-order valence-electron chi connectivity index (χ4n) is 4.00. The topological polar surface area (TPSA) is 42.4 Å². The zero-order valence-electron chi connectivity index (χ0n) is 17.5. The Morgan fingerprint density at radius 2 is 1.83 bits per heavy atom. The summed E-state index contributed by atoms with van der Waals surface area (Å²) in [5.74, 6) is 0.604. The van der Waals surface area contributed by atoms with E-state index in [1.807, 2.05) is 45.0 Å². The van der Waals surface area contributed by atoms with Crippen molar-refractivity contribution in [1.82, 2.24) is 4.98 Å². The summed E-state index contributed by atoms with van der Waals surface area (Å²) in [6, 6.07) is 14.3. The molecule has 1 unspecified atom stereocenters. The smallest absolute Gasteiger partial charge is 0.107 e. The molecule has 4 heteroatoms. The molecule has 0 saturated heterocycles. The second-order valence-corrected chi connectivity index (χ2v) is 9.40. The molecule has 1 fully saturated rings. The third-order valence-electron chi connectivity index (χ3n) is 5.38. The highest BCUT2D eigenvalue weighted by atomic mass is 35.5. The molecule has 1 N–H and O–H groups in total. The average Bonchev–Trinajstić information content (AvgIpc) is 3.50. The highest BCUT2D eigenvalue weighted by molar-refractivity contribution is 6.30. The van der Waals surface area contributed by atoms with E-state index in [0.717, 1.165) is 33.2 Å². The van der Waals surface area contributed by atoms with Crippen LogP contribution < -0.4 is 0 Å². The van der Waals surface area contributed by atoms with Gasteiger partial charge < -0.3 is 9.84 Å². The van der Waals surface area contributed by atoms with E-state index in [2.05, 4.69) is 25.1 Å². The Morgan fingerprint density at radius 3 is 2.41 bits per heavy atom. The van der Waals surface area contributed by atoms with Crippen LogP contribution in [0.5, 0.6) is 0 Å². The molecule has 0 radical (unpaired) electrons. The fourth-order valence-corrected chi connectivity index (χ4v) is 4.13. The van der Waals surface area contributed by atoms with Crippen LogP contribution >= 0.6 is 11.6 Å². The number of benzene rings is 2. The van der Waals surface area contributed by atoms with Crippen molar-refractivity contribution >= 4 is 22.5 Å². The second-order valence-electron chi connectivity index (χ2n) is 8.97. The van der Waals surface area contributed by atoms with Crippen LogP contribution in [-0.2, 0) is 4.74 Å². The first-order valence-electron chi connectivity index (χ1n) is 10.3. The Bertz CT molecular complexity index is 1030. The number of aliphatic hydroxyl groups is 1. The molecule has 1 aromatic heterocycles. The number of nitrogens with zero attached hydrogens (tertiary/aromatic N) is 1. The third-order valence-corrected chi connectivity index (χ3v) is 5.63. The number of hydrogen-bond acceptors (Lipinski definition) is 3. The lowest BCUT2D eigenvalue weighted by Gasteiger charge is -2.30. The predicted octanol–water partition coefficient (Wildman–Crippen LogP) is 6.59. The van der Waals surface area contributed by atoms with Crippen molar-refractivity contribution in [2.45, 2.75) is 58.2 Å². The van der Waals surface area contributed by atoms with Crippen LogP contribution in [0.2, 0.25) is 5.02 Å². The van der Waals surface area contributed by atoms with Crippen molar-refractivity contribution in [3.63, 3.8) is 0 Å². The van der Waals surface area contributed by atoms with Gasteiger partial charge in [0.15, 0.2) is 0 Å². The van der Waals surface area contributed by atoms with Gasteiger partial charge in [-0.1, -0.05) is 29.8 Å². The van der Waals surface area contributed by atoms with Gasteiger partial charge in [-0.3, -0.25) is 4.98 Å². The molecule has 3 aromatic rings. The maximum absolute atomic E-state index is 10.2. The molecule has 4 rings (SSSR count). The van der Waals surface area contributed by atoms with Gasteiger partial charge in [0.1, 0.15) is 6.10 Å². The molecule has 2 aromatic carbocycles. The van der Waals surface area contributed by atoms with Gasteiger partial charge in [0.2, 0.25) is 0 Å². The monoisotopic (exact) mass is 409 g/mol.